The number of methoxy groups -OCH3 is 1. The van der Waals surface area contributed by atoms with Crippen molar-refractivity contribution in [3.8, 4) is 0 Å². The maximum absolute atomic E-state index is 5.79. The molecule has 0 aromatic carbocycles. The lowest BCUT2D eigenvalue weighted by atomic mass is 10.2. The number of likely N-dealkylation sites (N-methyl/N-ethyl adjacent to an activating group) is 1. The molecule has 0 amide bonds. The second-order valence-electron chi connectivity index (χ2n) is 5.16. The zero-order valence-electron chi connectivity index (χ0n) is 13.0. The van der Waals surface area contributed by atoms with Gasteiger partial charge in [-0.3, -0.25) is 4.90 Å². The number of rotatable bonds is 8. The number of hydrogen-bond acceptors (Lipinski definition) is 6. The molecule has 2 N–H and O–H groups in total. The molecule has 2 heterocycles. The van der Waals surface area contributed by atoms with Gasteiger partial charge in [-0.05, 0) is 19.9 Å². The van der Waals surface area contributed by atoms with Gasteiger partial charge in [0.15, 0.2) is 11.5 Å². The van der Waals surface area contributed by atoms with Crippen LogP contribution in [-0.2, 0) is 11.3 Å². The van der Waals surface area contributed by atoms with Gasteiger partial charge in [0, 0.05) is 26.2 Å². The molecular weight excluding hydrogens is 268 g/mol. The van der Waals surface area contributed by atoms with Crippen molar-refractivity contribution in [2.45, 2.75) is 32.9 Å². The van der Waals surface area contributed by atoms with Gasteiger partial charge in [0.2, 0.25) is 0 Å². The van der Waals surface area contributed by atoms with E-state index in [0.29, 0.717) is 17.4 Å². The zero-order chi connectivity index (χ0) is 15.2. The summed E-state index contributed by atoms with van der Waals surface area (Å²) in [5.41, 5.74) is 7.27. The summed E-state index contributed by atoms with van der Waals surface area (Å²) in [6.07, 6.45) is 4.29. The molecule has 2 aromatic heterocycles. The van der Waals surface area contributed by atoms with Crippen LogP contribution in [0.3, 0.4) is 0 Å². The first-order valence-electron chi connectivity index (χ1n) is 7.31. The molecule has 0 saturated carbocycles. The topological polar surface area (TPSA) is 82.1 Å². The Morgan fingerprint density at radius 2 is 2.19 bits per heavy atom. The van der Waals surface area contributed by atoms with Crippen molar-refractivity contribution in [2.75, 3.05) is 32.5 Å². The highest BCUT2D eigenvalue weighted by Gasteiger charge is 2.12. The molecule has 2 aromatic rings. The average Bonchev–Trinajstić information content (AvgIpc) is 2.88. The predicted octanol–water partition coefficient (Wildman–Crippen LogP) is 1.16. The second-order valence-corrected chi connectivity index (χ2v) is 5.16. The van der Waals surface area contributed by atoms with Crippen LogP contribution in [0.4, 0.5) is 5.82 Å². The molecule has 7 nitrogen and oxygen atoms in total. The number of ether oxygens (including phenoxy) is 1. The fourth-order valence-corrected chi connectivity index (χ4v) is 2.54. The van der Waals surface area contributed by atoms with E-state index in [0.717, 1.165) is 38.3 Å². The lowest BCUT2D eigenvalue weighted by Crippen LogP contribution is -2.37. The number of nitrogens with two attached hydrogens (primary N) is 1. The number of aryl methyl sites for hydroxylation is 1. The molecule has 0 aliphatic rings. The quantitative estimate of drug-likeness (QED) is 0.786. The molecular formula is C14H24N6O. The van der Waals surface area contributed by atoms with Gasteiger partial charge in [-0.15, -0.1) is 0 Å². The molecule has 0 aliphatic carbocycles. The molecule has 1 atom stereocenters. The predicted molar refractivity (Wildman–Crippen MR) is 82.9 cm³/mol. The summed E-state index contributed by atoms with van der Waals surface area (Å²) in [7, 11) is 1.74. The number of fused-ring (bicyclic) bond motifs is 1. The van der Waals surface area contributed by atoms with E-state index in [4.69, 9.17) is 10.5 Å². The van der Waals surface area contributed by atoms with Crippen molar-refractivity contribution in [3.05, 3.63) is 12.7 Å². The first-order chi connectivity index (χ1) is 10.2. The number of nitrogens with zero attached hydrogens (tertiary/aromatic N) is 5. The van der Waals surface area contributed by atoms with Gasteiger partial charge < -0.3 is 15.0 Å². The van der Waals surface area contributed by atoms with Crippen molar-refractivity contribution in [3.63, 3.8) is 0 Å². The van der Waals surface area contributed by atoms with Crippen molar-refractivity contribution < 1.29 is 4.74 Å². The van der Waals surface area contributed by atoms with Crippen LogP contribution in [0.15, 0.2) is 12.7 Å². The highest BCUT2D eigenvalue weighted by molar-refractivity contribution is 5.80. The monoisotopic (exact) mass is 292 g/mol. The van der Waals surface area contributed by atoms with Crippen LogP contribution in [0, 0.1) is 0 Å². The third kappa shape index (κ3) is 3.68. The first-order valence-corrected chi connectivity index (χ1v) is 7.31. The Hall–Kier alpha value is -1.73. The standard InChI is InChI=1S/C14H24N6O/c1-4-19(11(2)8-21-3)6-5-7-20-10-18-12-13(15)16-9-17-14(12)20/h9-11H,4-8H2,1-3H3,(H2,15,16,17). The second kappa shape index (κ2) is 7.33. The minimum absolute atomic E-state index is 0.428. The average molecular weight is 292 g/mol. The summed E-state index contributed by atoms with van der Waals surface area (Å²) in [4.78, 5) is 14.9. The lowest BCUT2D eigenvalue weighted by molar-refractivity contribution is 0.101. The van der Waals surface area contributed by atoms with Crippen LogP contribution in [-0.4, -0.2) is 57.3 Å². The molecule has 0 bridgehead atoms. The van der Waals surface area contributed by atoms with Crippen molar-refractivity contribution >= 4 is 17.0 Å². The molecule has 2 rings (SSSR count). The number of nitrogen functional groups attached to an aromatic ring is 1. The van der Waals surface area contributed by atoms with Crippen LogP contribution >= 0.6 is 0 Å². The third-order valence-corrected chi connectivity index (χ3v) is 3.71. The van der Waals surface area contributed by atoms with Gasteiger partial charge in [-0.2, -0.15) is 0 Å². The highest BCUT2D eigenvalue weighted by Crippen LogP contribution is 2.14. The zero-order valence-corrected chi connectivity index (χ0v) is 13.0. The van der Waals surface area contributed by atoms with E-state index in [9.17, 15) is 0 Å². The van der Waals surface area contributed by atoms with Crippen LogP contribution in [0.5, 0.6) is 0 Å². The maximum Gasteiger partial charge on any atom is 0.165 e. The molecule has 0 spiro atoms. The molecule has 21 heavy (non-hydrogen) atoms. The van der Waals surface area contributed by atoms with Crippen LogP contribution in [0.2, 0.25) is 0 Å². The van der Waals surface area contributed by atoms with Crippen molar-refractivity contribution in [1.29, 1.82) is 0 Å². The Labute approximate surface area is 125 Å². The molecule has 1 unspecified atom stereocenters. The summed E-state index contributed by atoms with van der Waals surface area (Å²) in [5.74, 6) is 0.433. The Kier molecular flexibility index (Phi) is 5.46. The Morgan fingerprint density at radius 3 is 2.90 bits per heavy atom. The van der Waals surface area contributed by atoms with Gasteiger partial charge in [0.05, 0.1) is 12.9 Å². The largest absolute Gasteiger partial charge is 0.383 e. The SMILES string of the molecule is CCN(CCCn1cnc2c(N)ncnc21)C(C)COC. The molecule has 7 heteroatoms. The first kappa shape index (κ1) is 15.7. The fraction of sp³-hybridized carbons (Fsp3) is 0.643. The van der Waals surface area contributed by atoms with Crippen molar-refractivity contribution in [2.24, 2.45) is 0 Å². The number of aromatic nitrogens is 4. The maximum atomic E-state index is 5.79. The fourth-order valence-electron chi connectivity index (χ4n) is 2.54. The van der Waals surface area contributed by atoms with Crippen LogP contribution in [0.25, 0.3) is 11.2 Å². The van der Waals surface area contributed by atoms with Gasteiger partial charge in [-0.25, -0.2) is 15.0 Å². The van der Waals surface area contributed by atoms with Crippen LogP contribution in [0.1, 0.15) is 20.3 Å². The van der Waals surface area contributed by atoms with Gasteiger partial charge in [0.25, 0.3) is 0 Å². The van der Waals surface area contributed by atoms with E-state index in [1.165, 1.54) is 6.33 Å². The smallest absolute Gasteiger partial charge is 0.165 e. The molecule has 116 valence electrons. The Morgan fingerprint density at radius 1 is 1.38 bits per heavy atom. The molecule has 0 radical (unpaired) electrons. The Balaban J connectivity index is 1.94. The van der Waals surface area contributed by atoms with E-state index in [2.05, 4.69) is 33.7 Å². The van der Waals surface area contributed by atoms with Gasteiger partial charge in [-0.1, -0.05) is 6.92 Å². The summed E-state index contributed by atoms with van der Waals surface area (Å²) >= 11 is 0. The summed E-state index contributed by atoms with van der Waals surface area (Å²) in [6, 6.07) is 0.428. The van der Waals surface area contributed by atoms with Gasteiger partial charge >= 0.3 is 0 Å². The minimum Gasteiger partial charge on any atom is -0.383 e. The minimum atomic E-state index is 0.428. The number of hydrogen-bond donors (Lipinski definition) is 1. The summed E-state index contributed by atoms with van der Waals surface area (Å²) in [5, 5.41) is 0. The van der Waals surface area contributed by atoms with Gasteiger partial charge in [0.1, 0.15) is 11.8 Å². The highest BCUT2D eigenvalue weighted by atomic mass is 16.5. The van der Waals surface area contributed by atoms with E-state index in [1.54, 1.807) is 13.4 Å². The normalized spacial score (nSPS) is 13.1. The molecule has 0 saturated heterocycles. The van der Waals surface area contributed by atoms with E-state index in [-0.39, 0.29) is 0 Å². The van der Waals surface area contributed by atoms with E-state index in [1.807, 2.05) is 4.57 Å². The van der Waals surface area contributed by atoms with Crippen molar-refractivity contribution in [1.82, 2.24) is 24.4 Å². The number of imidazole rings is 1. The van der Waals surface area contributed by atoms with Crippen LogP contribution < -0.4 is 5.73 Å². The van der Waals surface area contributed by atoms with E-state index < -0.39 is 0 Å². The molecule has 0 aliphatic heterocycles. The van der Waals surface area contributed by atoms with E-state index >= 15 is 0 Å². The lowest BCUT2D eigenvalue weighted by Gasteiger charge is -2.27. The summed E-state index contributed by atoms with van der Waals surface area (Å²) in [6.45, 7) is 8.01. The molecule has 0 fully saturated rings. The summed E-state index contributed by atoms with van der Waals surface area (Å²) < 4.78 is 7.25. The third-order valence-electron chi connectivity index (χ3n) is 3.71. The number of anilines is 1. The Bertz CT molecular complexity index is 570.